The summed E-state index contributed by atoms with van der Waals surface area (Å²) < 4.78 is 61.3. The van der Waals surface area contributed by atoms with Crippen molar-refractivity contribution in [2.75, 3.05) is 0 Å². The van der Waals surface area contributed by atoms with Crippen molar-refractivity contribution in [2.45, 2.75) is 13.1 Å². The van der Waals surface area contributed by atoms with Crippen LogP contribution in [0.15, 0.2) is 12.1 Å². The largest absolute Gasteiger partial charge is 0.419 e. The molecule has 0 aromatic heterocycles. The Kier molecular flexibility index (Phi) is 2.28. The van der Waals surface area contributed by atoms with Crippen molar-refractivity contribution >= 4 is 0 Å². The summed E-state index contributed by atoms with van der Waals surface area (Å²) in [5.41, 5.74) is -1.92. The van der Waals surface area contributed by atoms with Gasteiger partial charge in [-0.2, -0.15) is 13.2 Å². The van der Waals surface area contributed by atoms with Crippen molar-refractivity contribution in [1.82, 2.24) is 0 Å². The minimum Gasteiger partial charge on any atom is -0.207 e. The lowest BCUT2D eigenvalue weighted by atomic mass is 10.1. The summed E-state index contributed by atoms with van der Waals surface area (Å²) in [4.78, 5) is 0. The fourth-order valence-electron chi connectivity index (χ4n) is 0.932. The number of aryl methyl sites for hydroxylation is 1. The first-order valence-electron chi connectivity index (χ1n) is 3.35. The van der Waals surface area contributed by atoms with Crippen LogP contribution in [0.25, 0.3) is 0 Å². The Bertz CT molecular complexity index is 326. The second kappa shape index (κ2) is 2.97. The number of alkyl halides is 3. The third-order valence-electron chi connectivity index (χ3n) is 1.52. The zero-order valence-electron chi connectivity index (χ0n) is 6.54. The molecule has 13 heavy (non-hydrogen) atoms. The summed E-state index contributed by atoms with van der Waals surface area (Å²) in [6, 6.07) is 0.854. The summed E-state index contributed by atoms with van der Waals surface area (Å²) in [6.45, 7) is 1.08. The maximum Gasteiger partial charge on any atom is 0.419 e. The van der Waals surface area contributed by atoms with Crippen molar-refractivity contribution in [3.05, 3.63) is 34.9 Å². The van der Waals surface area contributed by atoms with Gasteiger partial charge in [-0.3, -0.25) is 0 Å². The zero-order valence-corrected chi connectivity index (χ0v) is 6.54. The fraction of sp³-hybridized carbons (Fsp3) is 0.250. The quantitative estimate of drug-likeness (QED) is 0.558. The van der Waals surface area contributed by atoms with Crippen molar-refractivity contribution in [1.29, 1.82) is 0 Å². The Hall–Kier alpha value is -1.13. The maximum absolute atomic E-state index is 12.8. The molecule has 5 heteroatoms. The molecule has 1 aromatic carbocycles. The van der Waals surface area contributed by atoms with Crippen LogP contribution < -0.4 is 0 Å². The highest BCUT2D eigenvalue weighted by Crippen LogP contribution is 2.32. The first-order valence-corrected chi connectivity index (χ1v) is 3.35. The Morgan fingerprint density at radius 3 is 2.08 bits per heavy atom. The molecule has 0 saturated heterocycles. The molecule has 1 aromatic rings. The summed E-state index contributed by atoms with van der Waals surface area (Å²) in [6.07, 6.45) is -4.85. The predicted octanol–water partition coefficient (Wildman–Crippen LogP) is 3.29. The molecule has 1 rings (SSSR count). The monoisotopic (exact) mass is 196 g/mol. The Morgan fingerprint density at radius 2 is 1.62 bits per heavy atom. The maximum atomic E-state index is 12.8. The fourth-order valence-corrected chi connectivity index (χ4v) is 0.932. The van der Waals surface area contributed by atoms with E-state index in [9.17, 15) is 22.0 Å². The highest BCUT2D eigenvalue weighted by Gasteiger charge is 2.35. The van der Waals surface area contributed by atoms with Gasteiger partial charge in [-0.25, -0.2) is 8.78 Å². The SMILES string of the molecule is Cc1cc(F)cc(C(F)(F)F)c1F. The summed E-state index contributed by atoms with van der Waals surface area (Å²) in [5.74, 6) is -2.51. The van der Waals surface area contributed by atoms with Crippen molar-refractivity contribution in [3.8, 4) is 0 Å². The number of halogens is 5. The molecule has 0 amide bonds. The average Bonchev–Trinajstić information content (AvgIpc) is 1.94. The molecule has 0 bridgehead atoms. The van der Waals surface area contributed by atoms with Gasteiger partial charge in [-0.05, 0) is 24.6 Å². The third kappa shape index (κ3) is 1.96. The van der Waals surface area contributed by atoms with Crippen LogP contribution in [0.2, 0.25) is 0 Å². The van der Waals surface area contributed by atoms with Gasteiger partial charge in [0.2, 0.25) is 0 Å². The van der Waals surface area contributed by atoms with Crippen LogP contribution in [-0.4, -0.2) is 0 Å². The summed E-state index contributed by atoms with van der Waals surface area (Å²) >= 11 is 0. The zero-order chi connectivity index (χ0) is 10.2. The lowest BCUT2D eigenvalue weighted by Gasteiger charge is -2.09. The van der Waals surface area contributed by atoms with Crippen LogP contribution in [0.4, 0.5) is 22.0 Å². The molecule has 0 nitrogen and oxygen atoms in total. The minimum absolute atomic E-state index is 0.141. The molecule has 0 heterocycles. The Balaban J connectivity index is 3.37. The van der Waals surface area contributed by atoms with Crippen LogP contribution in [0.5, 0.6) is 0 Å². The van der Waals surface area contributed by atoms with Crippen molar-refractivity contribution in [3.63, 3.8) is 0 Å². The lowest BCUT2D eigenvalue weighted by Crippen LogP contribution is -2.09. The van der Waals surface area contributed by atoms with Crippen molar-refractivity contribution < 1.29 is 22.0 Å². The van der Waals surface area contributed by atoms with Crippen LogP contribution in [0.3, 0.4) is 0 Å². The van der Waals surface area contributed by atoms with E-state index in [4.69, 9.17) is 0 Å². The lowest BCUT2D eigenvalue weighted by molar-refractivity contribution is -0.140. The van der Waals surface area contributed by atoms with Gasteiger partial charge in [0.15, 0.2) is 0 Å². The second-order valence-corrected chi connectivity index (χ2v) is 2.58. The van der Waals surface area contributed by atoms with E-state index in [0.717, 1.165) is 6.92 Å². The topological polar surface area (TPSA) is 0 Å². The highest BCUT2D eigenvalue weighted by molar-refractivity contribution is 5.28. The minimum atomic E-state index is -4.85. The van der Waals surface area contributed by atoms with Gasteiger partial charge in [0.1, 0.15) is 11.6 Å². The molecule has 0 aliphatic carbocycles. The van der Waals surface area contributed by atoms with E-state index in [1.165, 1.54) is 0 Å². The van der Waals surface area contributed by atoms with E-state index in [-0.39, 0.29) is 11.6 Å². The molecule has 0 atom stereocenters. The Morgan fingerprint density at radius 1 is 1.08 bits per heavy atom. The molecule has 0 saturated carbocycles. The normalized spacial score (nSPS) is 11.8. The van der Waals surface area contributed by atoms with E-state index in [2.05, 4.69) is 0 Å². The second-order valence-electron chi connectivity index (χ2n) is 2.58. The predicted molar refractivity (Wildman–Crippen MR) is 36.1 cm³/mol. The number of rotatable bonds is 0. The molecule has 0 aliphatic rings. The van der Waals surface area contributed by atoms with Gasteiger partial charge >= 0.3 is 6.18 Å². The first kappa shape index (κ1) is 9.95. The van der Waals surface area contributed by atoms with Gasteiger partial charge in [-0.1, -0.05) is 0 Å². The number of hydrogen-bond donors (Lipinski definition) is 0. The standard InChI is InChI=1S/C8H5F5/c1-4-2-5(9)3-6(7(4)10)8(11,12)13/h2-3H,1H3. The molecule has 0 radical (unpaired) electrons. The molecule has 0 spiro atoms. The summed E-state index contributed by atoms with van der Waals surface area (Å²) in [7, 11) is 0. The van der Waals surface area contributed by atoms with Crippen molar-refractivity contribution in [2.24, 2.45) is 0 Å². The van der Waals surface area contributed by atoms with Crippen LogP contribution >= 0.6 is 0 Å². The summed E-state index contributed by atoms with van der Waals surface area (Å²) in [5, 5.41) is 0. The molecule has 0 fully saturated rings. The van der Waals surface area contributed by atoms with Gasteiger partial charge < -0.3 is 0 Å². The van der Waals surface area contributed by atoms with E-state index in [1.807, 2.05) is 0 Å². The van der Waals surface area contributed by atoms with Gasteiger partial charge in [0, 0.05) is 0 Å². The molecule has 0 unspecified atom stereocenters. The molecular formula is C8H5F5. The van der Waals surface area contributed by atoms with E-state index in [0.29, 0.717) is 6.07 Å². The van der Waals surface area contributed by atoms with Gasteiger partial charge in [-0.15, -0.1) is 0 Å². The number of benzene rings is 1. The van der Waals surface area contributed by atoms with Gasteiger partial charge in [0.25, 0.3) is 0 Å². The molecule has 0 aliphatic heterocycles. The van der Waals surface area contributed by atoms with Crippen LogP contribution in [-0.2, 0) is 6.18 Å². The van der Waals surface area contributed by atoms with E-state index >= 15 is 0 Å². The van der Waals surface area contributed by atoms with Crippen LogP contribution in [0.1, 0.15) is 11.1 Å². The third-order valence-corrected chi connectivity index (χ3v) is 1.52. The highest BCUT2D eigenvalue weighted by atomic mass is 19.4. The molecule has 0 N–H and O–H groups in total. The van der Waals surface area contributed by atoms with E-state index in [1.54, 1.807) is 0 Å². The Labute approximate surface area is 71.0 Å². The van der Waals surface area contributed by atoms with Gasteiger partial charge in [0.05, 0.1) is 5.56 Å². The van der Waals surface area contributed by atoms with E-state index < -0.39 is 23.4 Å². The smallest absolute Gasteiger partial charge is 0.207 e. The molecular weight excluding hydrogens is 191 g/mol. The number of hydrogen-bond acceptors (Lipinski definition) is 0. The van der Waals surface area contributed by atoms with Crippen LogP contribution in [0, 0.1) is 18.6 Å². The average molecular weight is 196 g/mol. The molecule has 72 valence electrons. The first-order chi connectivity index (χ1) is 5.82.